The summed E-state index contributed by atoms with van der Waals surface area (Å²) in [5.74, 6) is 0.110. The van der Waals surface area contributed by atoms with Crippen molar-refractivity contribution in [3.8, 4) is 0 Å². The normalized spacial score (nSPS) is 11.1. The summed E-state index contributed by atoms with van der Waals surface area (Å²) in [5, 5.41) is 0. The second-order valence-electron chi connectivity index (χ2n) is 4.34. The van der Waals surface area contributed by atoms with Gasteiger partial charge in [-0.2, -0.15) is 0 Å². The Morgan fingerprint density at radius 1 is 1.29 bits per heavy atom. The van der Waals surface area contributed by atoms with Gasteiger partial charge in [0.05, 0.1) is 11.1 Å². The molecule has 0 aliphatic carbocycles. The Morgan fingerprint density at radius 2 is 2.05 bits per heavy atom. The second-order valence-corrected chi connectivity index (χ2v) is 6.31. The number of hydrogen-bond acceptors (Lipinski definition) is 5. The lowest BCUT2D eigenvalue weighted by atomic mass is 10.1. The number of benzene rings is 1. The molecule has 7 heteroatoms. The van der Waals surface area contributed by atoms with Gasteiger partial charge in [0.15, 0.2) is 11.6 Å². The van der Waals surface area contributed by atoms with Crippen LogP contribution < -0.4 is 4.31 Å². The standard InChI is InChI=1S/C14H15N3O3S/c1-3-13(18)11-5-4-6-12(9-11)21(19,20)17(2)14-10-15-7-8-16-14/h4-10H,3H2,1-2H3. The number of rotatable bonds is 5. The average molecular weight is 305 g/mol. The molecule has 21 heavy (non-hydrogen) atoms. The first kappa shape index (κ1) is 15.1. The Balaban J connectivity index is 2.43. The van der Waals surface area contributed by atoms with Crippen LogP contribution in [0.25, 0.3) is 0 Å². The van der Waals surface area contributed by atoms with Crippen LogP contribution in [0, 0.1) is 0 Å². The van der Waals surface area contributed by atoms with Gasteiger partial charge >= 0.3 is 0 Å². The first-order chi connectivity index (χ1) is 9.96. The zero-order valence-corrected chi connectivity index (χ0v) is 12.5. The molecule has 0 atom stereocenters. The van der Waals surface area contributed by atoms with Gasteiger partial charge in [0.2, 0.25) is 0 Å². The van der Waals surface area contributed by atoms with Crippen LogP contribution in [-0.4, -0.2) is 31.2 Å². The predicted octanol–water partition coefficient (Wildman–Crippen LogP) is 1.89. The quantitative estimate of drug-likeness (QED) is 0.788. The van der Waals surface area contributed by atoms with E-state index in [1.165, 1.54) is 37.8 Å². The molecule has 0 aliphatic rings. The summed E-state index contributed by atoms with van der Waals surface area (Å²) in [4.78, 5) is 19.6. The molecule has 0 amide bonds. The van der Waals surface area contributed by atoms with Gasteiger partial charge in [-0.1, -0.05) is 19.1 Å². The highest BCUT2D eigenvalue weighted by Crippen LogP contribution is 2.20. The van der Waals surface area contributed by atoms with E-state index in [1.807, 2.05) is 0 Å². The van der Waals surface area contributed by atoms with E-state index in [9.17, 15) is 13.2 Å². The maximum Gasteiger partial charge on any atom is 0.265 e. The minimum atomic E-state index is -3.78. The number of sulfonamides is 1. The average Bonchev–Trinajstić information content (AvgIpc) is 2.54. The minimum Gasteiger partial charge on any atom is -0.294 e. The van der Waals surface area contributed by atoms with Crippen molar-refractivity contribution in [1.29, 1.82) is 0 Å². The van der Waals surface area contributed by atoms with E-state index in [0.717, 1.165) is 4.31 Å². The maximum atomic E-state index is 12.5. The fraction of sp³-hybridized carbons (Fsp3) is 0.214. The van der Waals surface area contributed by atoms with E-state index in [1.54, 1.807) is 19.1 Å². The third-order valence-corrected chi connectivity index (χ3v) is 4.77. The third kappa shape index (κ3) is 3.08. The van der Waals surface area contributed by atoms with Crippen LogP contribution in [0.2, 0.25) is 0 Å². The molecule has 0 spiro atoms. The molecule has 0 N–H and O–H groups in total. The molecule has 0 radical (unpaired) electrons. The van der Waals surface area contributed by atoms with Crippen LogP contribution in [0.5, 0.6) is 0 Å². The second kappa shape index (κ2) is 6.01. The molecule has 2 rings (SSSR count). The molecule has 0 saturated heterocycles. The molecule has 0 aliphatic heterocycles. The summed E-state index contributed by atoms with van der Waals surface area (Å²) < 4.78 is 26.1. The van der Waals surface area contributed by atoms with Crippen LogP contribution in [0.3, 0.4) is 0 Å². The van der Waals surface area contributed by atoms with Gasteiger partial charge in [-0.15, -0.1) is 0 Å². The van der Waals surface area contributed by atoms with Gasteiger partial charge in [0, 0.05) is 31.4 Å². The van der Waals surface area contributed by atoms with Crippen molar-refractivity contribution in [2.45, 2.75) is 18.2 Å². The van der Waals surface area contributed by atoms with Gasteiger partial charge < -0.3 is 0 Å². The summed E-state index contributed by atoms with van der Waals surface area (Å²) in [5.41, 5.74) is 0.381. The molecule has 0 fully saturated rings. The van der Waals surface area contributed by atoms with Crippen LogP contribution in [0.15, 0.2) is 47.8 Å². The van der Waals surface area contributed by atoms with E-state index in [-0.39, 0.29) is 16.5 Å². The summed E-state index contributed by atoms with van der Waals surface area (Å²) in [6.45, 7) is 1.73. The van der Waals surface area contributed by atoms with E-state index < -0.39 is 10.0 Å². The van der Waals surface area contributed by atoms with E-state index in [4.69, 9.17) is 0 Å². The molecule has 2 aromatic rings. The van der Waals surface area contributed by atoms with Gasteiger partial charge in [-0.3, -0.25) is 14.1 Å². The van der Waals surface area contributed by atoms with Crippen molar-refractivity contribution in [3.05, 3.63) is 48.4 Å². The van der Waals surface area contributed by atoms with Crippen molar-refractivity contribution >= 4 is 21.6 Å². The summed E-state index contributed by atoms with van der Waals surface area (Å²) in [6.07, 6.45) is 4.56. The summed E-state index contributed by atoms with van der Waals surface area (Å²) in [6, 6.07) is 6.00. The summed E-state index contributed by atoms with van der Waals surface area (Å²) >= 11 is 0. The lowest BCUT2D eigenvalue weighted by Crippen LogP contribution is -2.27. The fourth-order valence-corrected chi connectivity index (χ4v) is 2.95. The Morgan fingerprint density at radius 3 is 2.67 bits per heavy atom. The Hall–Kier alpha value is -2.28. The molecule has 1 heterocycles. The van der Waals surface area contributed by atoms with Crippen molar-refractivity contribution < 1.29 is 13.2 Å². The number of ketones is 1. The number of carbonyl (C=O) groups excluding carboxylic acids is 1. The molecule has 110 valence electrons. The molecular weight excluding hydrogens is 290 g/mol. The monoisotopic (exact) mass is 305 g/mol. The highest BCUT2D eigenvalue weighted by molar-refractivity contribution is 7.92. The zero-order chi connectivity index (χ0) is 15.5. The van der Waals surface area contributed by atoms with Gasteiger partial charge in [-0.25, -0.2) is 13.4 Å². The number of Topliss-reactive ketones (excluding diaryl/α,β-unsaturated/α-hetero) is 1. The minimum absolute atomic E-state index is 0.0509. The molecule has 0 bridgehead atoms. The van der Waals surface area contributed by atoms with Crippen LogP contribution in [0.1, 0.15) is 23.7 Å². The van der Waals surface area contributed by atoms with Gasteiger partial charge in [0.1, 0.15) is 0 Å². The van der Waals surface area contributed by atoms with Gasteiger partial charge in [-0.05, 0) is 12.1 Å². The fourth-order valence-electron chi connectivity index (χ4n) is 1.77. The molecule has 6 nitrogen and oxygen atoms in total. The highest BCUT2D eigenvalue weighted by Gasteiger charge is 2.23. The van der Waals surface area contributed by atoms with Crippen molar-refractivity contribution in [2.24, 2.45) is 0 Å². The van der Waals surface area contributed by atoms with Crippen LogP contribution in [-0.2, 0) is 10.0 Å². The van der Waals surface area contributed by atoms with E-state index in [0.29, 0.717) is 12.0 Å². The van der Waals surface area contributed by atoms with Crippen LogP contribution in [0.4, 0.5) is 5.82 Å². The number of carbonyl (C=O) groups is 1. The first-order valence-electron chi connectivity index (χ1n) is 6.35. The smallest absolute Gasteiger partial charge is 0.265 e. The molecule has 1 aromatic heterocycles. The van der Waals surface area contributed by atoms with Crippen molar-refractivity contribution in [1.82, 2.24) is 9.97 Å². The lowest BCUT2D eigenvalue weighted by molar-refractivity contribution is 0.0988. The van der Waals surface area contributed by atoms with E-state index >= 15 is 0 Å². The Bertz CT molecular complexity index is 745. The molecule has 1 aromatic carbocycles. The molecule has 0 unspecified atom stereocenters. The summed E-state index contributed by atoms with van der Waals surface area (Å²) in [7, 11) is -2.38. The van der Waals surface area contributed by atoms with Gasteiger partial charge in [0.25, 0.3) is 10.0 Å². The zero-order valence-electron chi connectivity index (χ0n) is 11.7. The first-order valence-corrected chi connectivity index (χ1v) is 7.79. The van der Waals surface area contributed by atoms with E-state index in [2.05, 4.69) is 9.97 Å². The predicted molar refractivity (Wildman–Crippen MR) is 78.7 cm³/mol. The number of anilines is 1. The third-order valence-electron chi connectivity index (χ3n) is 3.01. The lowest BCUT2D eigenvalue weighted by Gasteiger charge is -2.18. The number of nitrogens with zero attached hydrogens (tertiary/aromatic N) is 3. The number of aromatic nitrogens is 2. The SMILES string of the molecule is CCC(=O)c1cccc(S(=O)(=O)N(C)c2cnccn2)c1. The molecule has 0 saturated carbocycles. The Kier molecular flexibility index (Phi) is 4.32. The number of hydrogen-bond donors (Lipinski definition) is 0. The highest BCUT2D eigenvalue weighted by atomic mass is 32.2. The Labute approximate surface area is 123 Å². The topological polar surface area (TPSA) is 80.2 Å². The van der Waals surface area contributed by atoms with Crippen molar-refractivity contribution in [2.75, 3.05) is 11.4 Å². The maximum absolute atomic E-state index is 12.5. The van der Waals surface area contributed by atoms with Crippen LogP contribution >= 0.6 is 0 Å². The largest absolute Gasteiger partial charge is 0.294 e. The molecular formula is C14H15N3O3S. The van der Waals surface area contributed by atoms with Crippen molar-refractivity contribution in [3.63, 3.8) is 0 Å².